The van der Waals surface area contributed by atoms with Crippen molar-refractivity contribution < 1.29 is 14.3 Å². The highest BCUT2D eigenvalue weighted by Crippen LogP contribution is 2.45. The van der Waals surface area contributed by atoms with E-state index >= 15 is 0 Å². The summed E-state index contributed by atoms with van der Waals surface area (Å²) in [6.07, 6.45) is 8.43. The van der Waals surface area contributed by atoms with E-state index in [4.69, 9.17) is 9.47 Å². The summed E-state index contributed by atoms with van der Waals surface area (Å²) in [7, 11) is 0. The highest BCUT2D eigenvalue weighted by molar-refractivity contribution is 6.01. The first kappa shape index (κ1) is 29.5. The van der Waals surface area contributed by atoms with Gasteiger partial charge in [0.15, 0.2) is 0 Å². The molecule has 6 heteroatoms. The number of likely N-dealkylation sites (N-methyl/N-ethyl adjacent to an activating group) is 1. The van der Waals surface area contributed by atoms with Crippen LogP contribution in [0.25, 0.3) is 5.57 Å². The molecule has 1 heterocycles. The molecule has 0 fully saturated rings. The number of rotatable bonds is 11. The molecule has 0 N–H and O–H groups in total. The van der Waals surface area contributed by atoms with Crippen molar-refractivity contribution in [3.05, 3.63) is 88.7 Å². The van der Waals surface area contributed by atoms with E-state index in [1.54, 1.807) is 0 Å². The van der Waals surface area contributed by atoms with Crippen LogP contribution in [0.3, 0.4) is 0 Å². The van der Waals surface area contributed by atoms with Gasteiger partial charge in [-0.2, -0.15) is 0 Å². The first-order chi connectivity index (χ1) is 18.1. The smallest absolute Gasteiger partial charge is 0.338 e. The molecule has 0 spiro atoms. The average Bonchev–Trinajstić information content (AvgIpc) is 2.93. The second-order valence-corrected chi connectivity index (χ2v) is 9.38. The number of hydrogen-bond donors (Lipinski definition) is 0. The van der Waals surface area contributed by atoms with Crippen LogP contribution in [0.2, 0.25) is 0 Å². The van der Waals surface area contributed by atoms with E-state index in [0.29, 0.717) is 12.2 Å². The largest absolute Gasteiger partial charge is 0.462 e. The summed E-state index contributed by atoms with van der Waals surface area (Å²) in [6.45, 7) is 15.0. The molecular weight excluding hydrogens is 496 g/mol. The van der Waals surface area contributed by atoms with Gasteiger partial charge in [-0.25, -0.2) is 4.79 Å². The molecule has 0 bridgehead atoms. The minimum absolute atomic E-state index is 0. The lowest BCUT2D eigenvalue weighted by Crippen LogP contribution is -2.34. The quantitative estimate of drug-likeness (QED) is 0.223. The predicted molar refractivity (Wildman–Crippen MR) is 159 cm³/mol. The summed E-state index contributed by atoms with van der Waals surface area (Å²) in [5, 5.41) is 0. The molecule has 2 aliphatic rings. The van der Waals surface area contributed by atoms with E-state index in [-0.39, 0.29) is 24.4 Å². The van der Waals surface area contributed by atoms with Gasteiger partial charge in [0, 0.05) is 41.6 Å². The lowest BCUT2D eigenvalue weighted by atomic mass is 9.85. The monoisotopic (exact) mass is 536 g/mol. The second-order valence-electron chi connectivity index (χ2n) is 9.38. The number of carbonyl (C=O) groups excluding carboxylic acids is 1. The number of unbranched alkanes of at least 4 members (excludes halogenated alkanes) is 1. The zero-order valence-electron chi connectivity index (χ0n) is 23.3. The summed E-state index contributed by atoms with van der Waals surface area (Å²) in [4.78, 5) is 17.9. The highest BCUT2D eigenvalue weighted by atomic mass is 35.5. The minimum Gasteiger partial charge on any atom is -0.462 e. The standard InChI is InChI=1S/C32H40N2O3.ClH/c1-6-11-20-36-32(35)26-15-13-12-14-25(26)31-27-18-16-23(33(7-2)8-3)21-29(27)37-30-22-24(17-19-28(30)31)34(9-4)10-5;/h12-19,21-23H,6-11,20H2,1-5H3;1H. The molecule has 38 heavy (non-hydrogen) atoms. The van der Waals surface area contributed by atoms with Gasteiger partial charge < -0.3 is 14.4 Å². The molecule has 204 valence electrons. The van der Waals surface area contributed by atoms with Gasteiger partial charge >= 0.3 is 5.97 Å². The SMILES string of the molecule is CCCCOC(=O)c1ccccc1C1=C2C=CC(N(CC)CC)C=C2Oc2cc(N(CC)CC)ccc21.Cl. The fourth-order valence-electron chi connectivity index (χ4n) is 5.15. The maximum Gasteiger partial charge on any atom is 0.338 e. The fraction of sp³-hybridized carbons (Fsp3) is 0.406. The highest BCUT2D eigenvalue weighted by Gasteiger charge is 2.30. The molecular formula is C32H41ClN2O3. The number of allylic oxidation sites excluding steroid dienone is 1. The maximum absolute atomic E-state index is 13.2. The Hall–Kier alpha value is -3.02. The summed E-state index contributed by atoms with van der Waals surface area (Å²) in [5.74, 6) is 1.38. The molecule has 2 aromatic rings. The van der Waals surface area contributed by atoms with Crippen molar-refractivity contribution >= 4 is 29.6 Å². The van der Waals surface area contributed by atoms with Gasteiger partial charge in [-0.05, 0) is 63.2 Å². The topological polar surface area (TPSA) is 42.0 Å². The van der Waals surface area contributed by atoms with Crippen molar-refractivity contribution in [1.29, 1.82) is 0 Å². The molecule has 0 aromatic heterocycles. The first-order valence-electron chi connectivity index (χ1n) is 13.8. The Balaban J connectivity index is 0.00000400. The van der Waals surface area contributed by atoms with E-state index in [0.717, 1.165) is 78.5 Å². The van der Waals surface area contributed by atoms with E-state index in [9.17, 15) is 4.79 Å². The van der Waals surface area contributed by atoms with Crippen LogP contribution in [0.4, 0.5) is 5.69 Å². The van der Waals surface area contributed by atoms with Gasteiger partial charge in [0.2, 0.25) is 0 Å². The van der Waals surface area contributed by atoms with Crippen molar-refractivity contribution in [2.45, 2.75) is 53.5 Å². The summed E-state index contributed by atoms with van der Waals surface area (Å²) < 4.78 is 12.2. The molecule has 1 unspecified atom stereocenters. The van der Waals surface area contributed by atoms with Crippen molar-refractivity contribution in [2.75, 3.05) is 37.7 Å². The summed E-state index contributed by atoms with van der Waals surface area (Å²) in [5.41, 5.74) is 5.58. The van der Waals surface area contributed by atoms with Crippen LogP contribution in [0.15, 0.2) is 72.0 Å². The van der Waals surface area contributed by atoms with Crippen LogP contribution < -0.4 is 9.64 Å². The van der Waals surface area contributed by atoms with Crippen LogP contribution in [-0.4, -0.2) is 49.7 Å². The Morgan fingerprint density at radius 2 is 1.68 bits per heavy atom. The maximum atomic E-state index is 13.2. The number of hydrogen-bond acceptors (Lipinski definition) is 5. The number of nitrogens with zero attached hydrogens (tertiary/aromatic N) is 2. The van der Waals surface area contributed by atoms with Gasteiger partial charge in [0.05, 0.1) is 18.2 Å². The first-order valence-corrected chi connectivity index (χ1v) is 13.8. The normalized spacial score (nSPS) is 15.7. The number of benzene rings is 2. The van der Waals surface area contributed by atoms with Gasteiger partial charge in [-0.1, -0.05) is 57.5 Å². The molecule has 1 aliphatic carbocycles. The molecule has 0 saturated carbocycles. The molecule has 1 atom stereocenters. The van der Waals surface area contributed by atoms with Crippen LogP contribution >= 0.6 is 12.4 Å². The molecule has 0 amide bonds. The molecule has 1 aliphatic heterocycles. The zero-order chi connectivity index (χ0) is 26.4. The number of anilines is 1. The third-order valence-corrected chi connectivity index (χ3v) is 7.28. The Morgan fingerprint density at radius 3 is 2.37 bits per heavy atom. The lowest BCUT2D eigenvalue weighted by Gasteiger charge is -2.33. The number of esters is 1. The Bertz CT molecular complexity index is 1210. The molecule has 0 saturated heterocycles. The van der Waals surface area contributed by atoms with Crippen LogP contribution in [0.5, 0.6) is 5.75 Å². The van der Waals surface area contributed by atoms with Gasteiger partial charge in [-0.3, -0.25) is 4.90 Å². The fourth-order valence-corrected chi connectivity index (χ4v) is 5.15. The van der Waals surface area contributed by atoms with Crippen molar-refractivity contribution in [2.24, 2.45) is 0 Å². The molecule has 5 nitrogen and oxygen atoms in total. The van der Waals surface area contributed by atoms with Gasteiger partial charge in [0.25, 0.3) is 0 Å². The lowest BCUT2D eigenvalue weighted by molar-refractivity contribution is 0.0499. The molecule has 2 aromatic carbocycles. The van der Waals surface area contributed by atoms with E-state index in [1.165, 1.54) is 0 Å². The van der Waals surface area contributed by atoms with Gasteiger partial charge in [-0.15, -0.1) is 12.4 Å². The Kier molecular flexibility index (Phi) is 10.6. The third kappa shape index (κ3) is 6.00. The average molecular weight is 537 g/mol. The number of ether oxygens (including phenoxy) is 2. The van der Waals surface area contributed by atoms with Crippen molar-refractivity contribution in [3.8, 4) is 5.75 Å². The van der Waals surface area contributed by atoms with E-state index in [2.05, 4.69) is 80.8 Å². The Morgan fingerprint density at radius 1 is 0.947 bits per heavy atom. The number of halogens is 1. The molecule has 4 rings (SSSR count). The second kappa shape index (κ2) is 13.7. The van der Waals surface area contributed by atoms with Crippen molar-refractivity contribution in [1.82, 2.24) is 4.90 Å². The van der Waals surface area contributed by atoms with Gasteiger partial charge in [0.1, 0.15) is 11.5 Å². The zero-order valence-corrected chi connectivity index (χ0v) is 24.1. The summed E-state index contributed by atoms with van der Waals surface area (Å²) >= 11 is 0. The minimum atomic E-state index is -0.281. The number of fused-ring (bicyclic) bond motifs is 2. The Labute approximate surface area is 234 Å². The number of carbonyl (C=O) groups is 1. The van der Waals surface area contributed by atoms with Crippen LogP contribution in [-0.2, 0) is 4.74 Å². The van der Waals surface area contributed by atoms with Crippen molar-refractivity contribution in [3.63, 3.8) is 0 Å². The predicted octanol–water partition coefficient (Wildman–Crippen LogP) is 7.27. The molecule has 0 radical (unpaired) electrons. The van der Waals surface area contributed by atoms with Crippen LogP contribution in [0.1, 0.15) is 68.9 Å². The van der Waals surface area contributed by atoms with E-state index in [1.807, 2.05) is 24.3 Å². The van der Waals surface area contributed by atoms with Crippen LogP contribution in [0, 0.1) is 0 Å². The van der Waals surface area contributed by atoms with E-state index < -0.39 is 0 Å². The third-order valence-electron chi connectivity index (χ3n) is 7.28. The summed E-state index contributed by atoms with van der Waals surface area (Å²) in [6, 6.07) is 14.4.